The number of carbonyl (C=O) groups excluding carboxylic acids is 2. The van der Waals surface area contributed by atoms with Gasteiger partial charge in [0.1, 0.15) is 5.76 Å². The Bertz CT molecular complexity index is 1030. The average molecular weight is 643 g/mol. The molecule has 5 nitrogen and oxygen atoms in total. The fraction of sp³-hybridized carbons (Fsp3) is 0.103. The van der Waals surface area contributed by atoms with E-state index in [2.05, 4.69) is 22.1 Å². The van der Waals surface area contributed by atoms with Crippen LogP contribution in [0.3, 0.4) is 0 Å². The zero-order valence-corrected chi connectivity index (χ0v) is 22.1. The molecule has 0 aliphatic rings. The molecule has 4 rings (SSSR count). The Morgan fingerprint density at radius 3 is 1.29 bits per heavy atom. The van der Waals surface area contributed by atoms with Crippen LogP contribution in [0.2, 0.25) is 0 Å². The van der Waals surface area contributed by atoms with Crippen molar-refractivity contribution in [1.82, 2.24) is 9.97 Å². The summed E-state index contributed by atoms with van der Waals surface area (Å²) in [5.41, 5.74) is 3.91. The molecule has 181 valence electrons. The fourth-order valence-electron chi connectivity index (χ4n) is 2.91. The summed E-state index contributed by atoms with van der Waals surface area (Å²) >= 11 is 0. The Morgan fingerprint density at radius 1 is 0.657 bits per heavy atom. The van der Waals surface area contributed by atoms with Gasteiger partial charge < -0.3 is 15.1 Å². The van der Waals surface area contributed by atoms with E-state index in [1.807, 2.05) is 84.9 Å². The van der Waals surface area contributed by atoms with E-state index < -0.39 is 11.6 Å². The maximum atomic E-state index is 10.6. The Labute approximate surface area is 220 Å². The van der Waals surface area contributed by atoms with Gasteiger partial charge in [-0.1, -0.05) is 24.3 Å². The van der Waals surface area contributed by atoms with Gasteiger partial charge in [0.05, 0.1) is 5.57 Å². The van der Waals surface area contributed by atoms with Gasteiger partial charge in [0.15, 0.2) is 11.6 Å². The van der Waals surface area contributed by atoms with Crippen LogP contribution in [0, 0.1) is 12.1 Å². The molecule has 0 atom stereocenters. The van der Waals surface area contributed by atoms with Crippen LogP contribution >= 0.6 is 0 Å². The van der Waals surface area contributed by atoms with Gasteiger partial charge in [-0.15, -0.1) is 71.8 Å². The van der Waals surface area contributed by atoms with Gasteiger partial charge in [0.2, 0.25) is 0 Å². The summed E-state index contributed by atoms with van der Waals surface area (Å²) in [6, 6.07) is 33.6. The third-order valence-corrected chi connectivity index (χ3v) is 4.37. The molecule has 35 heavy (non-hydrogen) atoms. The van der Waals surface area contributed by atoms with Crippen molar-refractivity contribution < 1.29 is 34.8 Å². The van der Waals surface area contributed by atoms with E-state index in [1.165, 1.54) is 20.8 Å². The SMILES string of the molecule is CC(=O)C(C(C)=O)=C(C)O.[Ir].[c-]1ccccc1-c1ccccn1.[c-]1ccccc1-c1ccccn1. The van der Waals surface area contributed by atoms with Crippen molar-refractivity contribution in [3.8, 4) is 22.5 Å². The van der Waals surface area contributed by atoms with Crippen LogP contribution in [-0.4, -0.2) is 26.6 Å². The molecule has 0 spiro atoms. The number of ketones is 2. The number of aromatic nitrogens is 2. The van der Waals surface area contributed by atoms with E-state index in [-0.39, 0.29) is 31.4 Å². The molecule has 2 heterocycles. The molecule has 0 saturated heterocycles. The maximum absolute atomic E-state index is 10.6. The minimum atomic E-state index is -0.396. The number of aliphatic hydroxyl groups is 1. The van der Waals surface area contributed by atoms with Crippen LogP contribution in [0.25, 0.3) is 22.5 Å². The predicted molar refractivity (Wildman–Crippen MR) is 134 cm³/mol. The van der Waals surface area contributed by atoms with Crippen LogP contribution in [0.15, 0.2) is 109 Å². The number of carbonyl (C=O) groups is 2. The van der Waals surface area contributed by atoms with E-state index in [9.17, 15) is 9.59 Å². The van der Waals surface area contributed by atoms with Crippen LogP contribution in [0.1, 0.15) is 20.8 Å². The third kappa shape index (κ3) is 10.4. The summed E-state index contributed by atoms with van der Waals surface area (Å²) in [6.45, 7) is 3.81. The van der Waals surface area contributed by atoms with Crippen molar-refractivity contribution in [3.05, 3.63) is 121 Å². The van der Waals surface area contributed by atoms with Crippen LogP contribution in [-0.2, 0) is 29.7 Å². The van der Waals surface area contributed by atoms with E-state index in [0.717, 1.165) is 22.5 Å². The number of aliphatic hydroxyl groups excluding tert-OH is 1. The minimum absolute atomic E-state index is 0. The topological polar surface area (TPSA) is 80.2 Å². The third-order valence-electron chi connectivity index (χ3n) is 4.37. The molecular formula is C29H26IrN2O3-2. The zero-order valence-electron chi connectivity index (χ0n) is 19.7. The Morgan fingerprint density at radius 2 is 1.06 bits per heavy atom. The molecule has 1 N–H and O–H groups in total. The summed E-state index contributed by atoms with van der Waals surface area (Å²) < 4.78 is 0. The number of rotatable bonds is 4. The number of nitrogens with zero attached hydrogens (tertiary/aromatic N) is 2. The van der Waals surface area contributed by atoms with E-state index in [4.69, 9.17) is 5.11 Å². The first-order chi connectivity index (χ1) is 16.4. The molecule has 0 unspecified atom stereocenters. The molecule has 0 amide bonds. The van der Waals surface area contributed by atoms with Crippen molar-refractivity contribution in [3.63, 3.8) is 0 Å². The number of Topliss-reactive ketones (excluding diaryl/α,β-unsaturated/α-hetero) is 2. The first-order valence-electron chi connectivity index (χ1n) is 10.6. The smallest absolute Gasteiger partial charge is 0.166 e. The van der Waals surface area contributed by atoms with E-state index in [1.54, 1.807) is 12.4 Å². The normalized spacial score (nSPS) is 9.11. The standard InChI is InChI=1S/2C11H8N.C7H10O3.Ir/c2*1-2-6-10(7-3-1)11-8-4-5-9-12-11;1-4(8)7(5(2)9)6(3)10;/h2*1-6,8-9H;8H,1-3H3;/q2*-1;;. The van der Waals surface area contributed by atoms with E-state index >= 15 is 0 Å². The van der Waals surface area contributed by atoms with Crippen molar-refractivity contribution >= 4 is 11.6 Å². The average Bonchev–Trinajstić information content (AvgIpc) is 2.86. The fourth-order valence-corrected chi connectivity index (χ4v) is 2.91. The second-order valence-corrected chi connectivity index (χ2v) is 7.06. The predicted octanol–water partition coefficient (Wildman–Crippen LogP) is 6.09. The minimum Gasteiger partial charge on any atom is -0.512 e. The Balaban J connectivity index is 0.000000261. The first-order valence-corrected chi connectivity index (χ1v) is 10.6. The van der Waals surface area contributed by atoms with Crippen LogP contribution in [0.5, 0.6) is 0 Å². The van der Waals surface area contributed by atoms with Crippen LogP contribution in [0.4, 0.5) is 0 Å². The quantitative estimate of drug-likeness (QED) is 0.0959. The number of allylic oxidation sites excluding steroid dienone is 2. The van der Waals surface area contributed by atoms with Crippen molar-refractivity contribution in [1.29, 1.82) is 0 Å². The molecule has 1 radical (unpaired) electrons. The molecule has 2 aromatic carbocycles. The van der Waals surface area contributed by atoms with Gasteiger partial charge in [-0.2, -0.15) is 0 Å². The molecule has 0 saturated carbocycles. The largest absolute Gasteiger partial charge is 0.512 e. The Kier molecular flexibility index (Phi) is 13.4. The summed E-state index contributed by atoms with van der Waals surface area (Å²) in [6.07, 6.45) is 3.58. The van der Waals surface area contributed by atoms with Crippen molar-refractivity contribution in [2.75, 3.05) is 0 Å². The van der Waals surface area contributed by atoms with Crippen molar-refractivity contribution in [2.24, 2.45) is 0 Å². The zero-order chi connectivity index (χ0) is 24.8. The molecule has 0 fully saturated rings. The summed E-state index contributed by atoms with van der Waals surface area (Å²) in [5.74, 6) is -1.000. The monoisotopic (exact) mass is 643 g/mol. The number of hydrogen-bond donors (Lipinski definition) is 1. The second kappa shape index (κ2) is 16.0. The van der Waals surface area contributed by atoms with Gasteiger partial charge >= 0.3 is 0 Å². The summed E-state index contributed by atoms with van der Waals surface area (Å²) in [5, 5.41) is 8.79. The van der Waals surface area contributed by atoms with Gasteiger partial charge in [-0.05, 0) is 44.3 Å². The van der Waals surface area contributed by atoms with Gasteiger partial charge in [-0.25, -0.2) is 0 Å². The number of pyridine rings is 2. The molecule has 0 bridgehead atoms. The molecule has 0 aliphatic heterocycles. The van der Waals surface area contributed by atoms with Gasteiger partial charge in [0, 0.05) is 32.5 Å². The van der Waals surface area contributed by atoms with Crippen LogP contribution < -0.4 is 0 Å². The second-order valence-electron chi connectivity index (χ2n) is 7.06. The summed E-state index contributed by atoms with van der Waals surface area (Å²) in [7, 11) is 0. The Hall–Kier alpha value is -3.73. The van der Waals surface area contributed by atoms with Crippen molar-refractivity contribution in [2.45, 2.75) is 20.8 Å². The molecule has 0 aliphatic carbocycles. The summed E-state index contributed by atoms with van der Waals surface area (Å²) in [4.78, 5) is 29.6. The van der Waals surface area contributed by atoms with E-state index in [0.29, 0.717) is 0 Å². The molecule has 4 aromatic rings. The number of benzene rings is 2. The first kappa shape index (κ1) is 29.3. The maximum Gasteiger partial charge on any atom is 0.166 e. The number of hydrogen-bond acceptors (Lipinski definition) is 5. The molecule has 6 heteroatoms. The van der Waals surface area contributed by atoms with Gasteiger partial charge in [-0.3, -0.25) is 9.59 Å². The van der Waals surface area contributed by atoms with Gasteiger partial charge in [0.25, 0.3) is 0 Å². The molecule has 2 aromatic heterocycles. The molecular weight excluding hydrogens is 617 g/mol.